The van der Waals surface area contributed by atoms with Crippen LogP contribution in [0, 0.1) is 5.92 Å². The van der Waals surface area contributed by atoms with Crippen molar-refractivity contribution >= 4 is 39.1 Å². The van der Waals surface area contributed by atoms with Gasteiger partial charge in [0.15, 0.2) is 0 Å². The Bertz CT molecular complexity index is 826. The van der Waals surface area contributed by atoms with E-state index in [4.69, 9.17) is 11.6 Å². The van der Waals surface area contributed by atoms with E-state index in [-0.39, 0.29) is 30.2 Å². The van der Waals surface area contributed by atoms with Crippen molar-refractivity contribution in [3.8, 4) is 0 Å². The molecule has 7 nitrogen and oxygen atoms in total. The Morgan fingerprint density at radius 1 is 1.32 bits per heavy atom. The standard InChI is InChI=1S/C19H28ClN3O4S/c1-4-10-28(26,27)23-9-5-6-15(12-23)19(25)22-17-11-14(7-8-16(17)20)18(24)21-13(2)3/h7-8,11,13,15H,4-6,9-10,12H2,1-3H3,(H,21,24)(H,22,25). The zero-order chi connectivity index (χ0) is 20.9. The summed E-state index contributed by atoms with van der Waals surface area (Å²) in [6.45, 7) is 6.14. The summed E-state index contributed by atoms with van der Waals surface area (Å²) in [6, 6.07) is 4.67. The molecule has 2 rings (SSSR count). The minimum Gasteiger partial charge on any atom is -0.350 e. The fourth-order valence-corrected chi connectivity index (χ4v) is 4.89. The van der Waals surface area contributed by atoms with Gasteiger partial charge in [0.05, 0.1) is 22.4 Å². The lowest BCUT2D eigenvalue weighted by Gasteiger charge is -2.31. The first-order chi connectivity index (χ1) is 13.1. The van der Waals surface area contributed by atoms with Crippen LogP contribution in [0.1, 0.15) is 50.4 Å². The summed E-state index contributed by atoms with van der Waals surface area (Å²) in [6.07, 6.45) is 1.78. The molecule has 0 saturated carbocycles. The van der Waals surface area contributed by atoms with E-state index in [0.717, 1.165) is 0 Å². The van der Waals surface area contributed by atoms with Crippen LogP contribution in [-0.2, 0) is 14.8 Å². The number of amides is 2. The first-order valence-corrected chi connectivity index (χ1v) is 11.5. The number of halogens is 1. The van der Waals surface area contributed by atoms with Crippen LogP contribution in [0.2, 0.25) is 5.02 Å². The predicted molar refractivity (Wildman–Crippen MR) is 111 cm³/mol. The van der Waals surface area contributed by atoms with Gasteiger partial charge in [-0.3, -0.25) is 9.59 Å². The summed E-state index contributed by atoms with van der Waals surface area (Å²) in [5, 5.41) is 5.87. The van der Waals surface area contributed by atoms with Crippen molar-refractivity contribution in [1.29, 1.82) is 0 Å². The van der Waals surface area contributed by atoms with E-state index < -0.39 is 15.9 Å². The van der Waals surface area contributed by atoms with Gasteiger partial charge in [0.25, 0.3) is 5.91 Å². The van der Waals surface area contributed by atoms with Gasteiger partial charge < -0.3 is 10.6 Å². The molecule has 2 N–H and O–H groups in total. The molecule has 9 heteroatoms. The summed E-state index contributed by atoms with van der Waals surface area (Å²) in [7, 11) is -3.34. The van der Waals surface area contributed by atoms with Crippen LogP contribution in [0.5, 0.6) is 0 Å². The molecule has 28 heavy (non-hydrogen) atoms. The molecule has 1 aromatic rings. The van der Waals surface area contributed by atoms with Crippen molar-refractivity contribution in [1.82, 2.24) is 9.62 Å². The first kappa shape index (κ1) is 22.6. The number of hydrogen-bond donors (Lipinski definition) is 2. The Morgan fingerprint density at radius 2 is 2.04 bits per heavy atom. The second kappa shape index (κ2) is 9.71. The number of nitrogens with one attached hydrogen (secondary N) is 2. The molecule has 0 spiro atoms. The van der Waals surface area contributed by atoms with Gasteiger partial charge in [-0.1, -0.05) is 18.5 Å². The minimum absolute atomic E-state index is 0.0143. The van der Waals surface area contributed by atoms with Gasteiger partial charge in [-0.05, 0) is 51.3 Å². The monoisotopic (exact) mass is 429 g/mol. The summed E-state index contributed by atoms with van der Waals surface area (Å²) in [5.74, 6) is -0.916. The van der Waals surface area contributed by atoms with E-state index in [1.807, 2.05) is 20.8 Å². The van der Waals surface area contributed by atoms with Crippen LogP contribution in [0.25, 0.3) is 0 Å². The number of sulfonamides is 1. The van der Waals surface area contributed by atoms with Crippen molar-refractivity contribution in [2.75, 3.05) is 24.2 Å². The largest absolute Gasteiger partial charge is 0.350 e. The molecule has 0 aromatic heterocycles. The SMILES string of the molecule is CCCS(=O)(=O)N1CCCC(C(=O)Nc2cc(C(=O)NC(C)C)ccc2Cl)C1. The van der Waals surface area contributed by atoms with Crippen molar-refractivity contribution in [3.63, 3.8) is 0 Å². The number of carbonyl (C=O) groups is 2. The zero-order valence-electron chi connectivity index (χ0n) is 16.5. The normalized spacial score (nSPS) is 18.1. The molecule has 2 amide bonds. The maximum atomic E-state index is 12.7. The number of anilines is 1. The molecule has 1 fully saturated rings. The second-order valence-corrected chi connectivity index (χ2v) is 9.82. The zero-order valence-corrected chi connectivity index (χ0v) is 18.1. The van der Waals surface area contributed by atoms with Gasteiger partial charge in [0.1, 0.15) is 0 Å². The summed E-state index contributed by atoms with van der Waals surface area (Å²) >= 11 is 6.18. The number of benzene rings is 1. The van der Waals surface area contributed by atoms with Gasteiger partial charge >= 0.3 is 0 Å². The molecular weight excluding hydrogens is 402 g/mol. The highest BCUT2D eigenvalue weighted by Gasteiger charge is 2.32. The number of piperidine rings is 1. The molecular formula is C19H28ClN3O4S. The van der Waals surface area contributed by atoms with Crippen LogP contribution in [0.4, 0.5) is 5.69 Å². The molecule has 156 valence electrons. The van der Waals surface area contributed by atoms with Gasteiger partial charge in [-0.15, -0.1) is 0 Å². The number of hydrogen-bond acceptors (Lipinski definition) is 4. The average Bonchev–Trinajstić information content (AvgIpc) is 2.63. The predicted octanol–water partition coefficient (Wildman–Crippen LogP) is 2.87. The van der Waals surface area contributed by atoms with E-state index in [1.165, 1.54) is 10.4 Å². The van der Waals surface area contributed by atoms with Crippen molar-refractivity contribution in [2.45, 2.75) is 46.1 Å². The van der Waals surface area contributed by atoms with E-state index in [9.17, 15) is 18.0 Å². The third kappa shape index (κ3) is 5.93. The lowest BCUT2D eigenvalue weighted by atomic mass is 9.98. The molecule has 1 saturated heterocycles. The molecule has 0 bridgehead atoms. The van der Waals surface area contributed by atoms with Crippen LogP contribution < -0.4 is 10.6 Å². The fraction of sp³-hybridized carbons (Fsp3) is 0.579. The third-order valence-electron chi connectivity index (χ3n) is 4.52. The van der Waals surface area contributed by atoms with Crippen molar-refractivity contribution in [2.24, 2.45) is 5.92 Å². The highest BCUT2D eigenvalue weighted by Crippen LogP contribution is 2.26. The Hall–Kier alpha value is -1.64. The van der Waals surface area contributed by atoms with E-state index in [0.29, 0.717) is 42.1 Å². The summed E-state index contributed by atoms with van der Waals surface area (Å²) in [4.78, 5) is 24.9. The quantitative estimate of drug-likeness (QED) is 0.696. The van der Waals surface area contributed by atoms with E-state index in [1.54, 1.807) is 12.1 Å². The smallest absolute Gasteiger partial charge is 0.251 e. The molecule has 0 radical (unpaired) electrons. The molecule has 1 aliphatic rings. The summed E-state index contributed by atoms with van der Waals surface area (Å²) < 4.78 is 26.0. The van der Waals surface area contributed by atoms with Crippen LogP contribution in [0.15, 0.2) is 18.2 Å². The minimum atomic E-state index is -3.34. The molecule has 1 heterocycles. The number of nitrogens with zero attached hydrogens (tertiary/aromatic N) is 1. The number of rotatable bonds is 7. The molecule has 0 aliphatic carbocycles. The van der Waals surface area contributed by atoms with Gasteiger partial charge in [0.2, 0.25) is 15.9 Å². The maximum absolute atomic E-state index is 12.7. The van der Waals surface area contributed by atoms with Gasteiger partial charge in [-0.2, -0.15) is 0 Å². The van der Waals surface area contributed by atoms with Crippen molar-refractivity contribution < 1.29 is 18.0 Å². The lowest BCUT2D eigenvalue weighted by Crippen LogP contribution is -2.44. The first-order valence-electron chi connectivity index (χ1n) is 9.53. The Labute approximate surface area is 171 Å². The fourth-order valence-electron chi connectivity index (χ4n) is 3.14. The highest BCUT2D eigenvalue weighted by molar-refractivity contribution is 7.89. The Morgan fingerprint density at radius 3 is 2.68 bits per heavy atom. The lowest BCUT2D eigenvalue weighted by molar-refractivity contribution is -0.120. The summed E-state index contributed by atoms with van der Waals surface area (Å²) in [5.41, 5.74) is 0.737. The molecule has 1 unspecified atom stereocenters. The van der Waals surface area contributed by atoms with Gasteiger partial charge in [0, 0.05) is 24.7 Å². The van der Waals surface area contributed by atoms with E-state index >= 15 is 0 Å². The second-order valence-electron chi connectivity index (χ2n) is 7.33. The maximum Gasteiger partial charge on any atom is 0.251 e. The third-order valence-corrected chi connectivity index (χ3v) is 6.89. The average molecular weight is 430 g/mol. The number of carbonyl (C=O) groups excluding carboxylic acids is 2. The Kier molecular flexibility index (Phi) is 7.86. The molecule has 1 aliphatic heterocycles. The Balaban J connectivity index is 2.10. The highest BCUT2D eigenvalue weighted by atomic mass is 35.5. The van der Waals surface area contributed by atoms with Crippen LogP contribution in [0.3, 0.4) is 0 Å². The van der Waals surface area contributed by atoms with Gasteiger partial charge in [-0.25, -0.2) is 12.7 Å². The van der Waals surface area contributed by atoms with Crippen LogP contribution >= 0.6 is 11.6 Å². The van der Waals surface area contributed by atoms with Crippen LogP contribution in [-0.4, -0.2) is 49.4 Å². The molecule has 1 aromatic carbocycles. The van der Waals surface area contributed by atoms with E-state index in [2.05, 4.69) is 10.6 Å². The van der Waals surface area contributed by atoms with Crippen molar-refractivity contribution in [3.05, 3.63) is 28.8 Å². The molecule has 1 atom stereocenters. The topological polar surface area (TPSA) is 95.6 Å².